The van der Waals surface area contributed by atoms with Gasteiger partial charge in [0.1, 0.15) is 0 Å². The average Bonchev–Trinajstić information content (AvgIpc) is 3.16. The highest BCUT2D eigenvalue weighted by atomic mass is 16.5. The van der Waals surface area contributed by atoms with E-state index in [0.717, 1.165) is 64.4 Å². The van der Waals surface area contributed by atoms with Crippen LogP contribution in [-0.4, -0.2) is 74.3 Å². The van der Waals surface area contributed by atoms with Gasteiger partial charge in [-0.3, -0.25) is 9.89 Å². The molecule has 1 N–H and O–H groups in total. The fourth-order valence-corrected chi connectivity index (χ4v) is 4.64. The minimum Gasteiger partial charge on any atom is -0.379 e. The molecule has 0 aromatic heterocycles. The molecule has 1 unspecified atom stereocenters. The zero-order chi connectivity index (χ0) is 17.3. The largest absolute Gasteiger partial charge is 0.379 e. The van der Waals surface area contributed by atoms with E-state index < -0.39 is 0 Å². The van der Waals surface area contributed by atoms with Crippen LogP contribution in [0.4, 0.5) is 0 Å². The van der Waals surface area contributed by atoms with Crippen LogP contribution >= 0.6 is 0 Å². The third kappa shape index (κ3) is 5.85. The quantitative estimate of drug-likeness (QED) is 0.454. The normalized spacial score (nSPS) is 27.0. The summed E-state index contributed by atoms with van der Waals surface area (Å²) in [4.78, 5) is 10.0. The highest BCUT2D eigenvalue weighted by molar-refractivity contribution is 5.80. The van der Waals surface area contributed by atoms with Crippen molar-refractivity contribution >= 4 is 5.96 Å². The molecular weight excluding hydrogens is 312 g/mol. The Morgan fingerprint density at radius 2 is 1.88 bits per heavy atom. The van der Waals surface area contributed by atoms with Gasteiger partial charge in [0.15, 0.2) is 5.96 Å². The number of likely N-dealkylation sites (tertiary alicyclic amines) is 1. The van der Waals surface area contributed by atoms with Gasteiger partial charge in [-0.1, -0.05) is 32.1 Å². The van der Waals surface area contributed by atoms with Crippen LogP contribution in [0.5, 0.6) is 0 Å². The first kappa shape index (κ1) is 19.0. The van der Waals surface area contributed by atoms with Crippen LogP contribution in [0.3, 0.4) is 0 Å². The van der Waals surface area contributed by atoms with Crippen molar-refractivity contribution in [3.63, 3.8) is 0 Å². The Labute approximate surface area is 154 Å². The maximum absolute atomic E-state index is 5.50. The van der Waals surface area contributed by atoms with Crippen LogP contribution < -0.4 is 5.32 Å². The number of ether oxygens (including phenoxy) is 1. The van der Waals surface area contributed by atoms with E-state index in [-0.39, 0.29) is 0 Å². The van der Waals surface area contributed by atoms with E-state index in [1.807, 2.05) is 0 Å². The molecule has 0 amide bonds. The van der Waals surface area contributed by atoms with Crippen molar-refractivity contribution < 1.29 is 4.74 Å². The summed E-state index contributed by atoms with van der Waals surface area (Å²) in [7, 11) is 0. The first-order valence-electron chi connectivity index (χ1n) is 10.7. The van der Waals surface area contributed by atoms with Gasteiger partial charge >= 0.3 is 0 Å². The number of hydrogen-bond acceptors (Lipinski definition) is 3. The van der Waals surface area contributed by atoms with Crippen molar-refractivity contribution in [1.29, 1.82) is 0 Å². The lowest BCUT2D eigenvalue weighted by molar-refractivity contribution is 0.0195. The Balaban J connectivity index is 1.43. The minimum absolute atomic E-state index is 0.676. The van der Waals surface area contributed by atoms with Crippen LogP contribution in [0.25, 0.3) is 0 Å². The summed E-state index contributed by atoms with van der Waals surface area (Å²) in [6.07, 6.45) is 11.2. The van der Waals surface area contributed by atoms with Crippen molar-refractivity contribution in [1.82, 2.24) is 15.1 Å². The van der Waals surface area contributed by atoms with E-state index >= 15 is 0 Å². The molecule has 3 fully saturated rings. The predicted octanol–water partition coefficient (Wildman–Crippen LogP) is 2.72. The highest BCUT2D eigenvalue weighted by Crippen LogP contribution is 2.27. The number of nitrogens with one attached hydrogen (secondary N) is 1. The molecule has 5 nitrogen and oxygen atoms in total. The standard InChI is InChI=1S/C20H38N4O/c1-2-21-20(22-11-6-9-18-7-4-3-5-8-18)24-12-10-19(17-24)23-13-15-25-16-14-23/h18-19H,2-17H2,1H3,(H,21,22). The number of morpholine rings is 1. The van der Waals surface area contributed by atoms with E-state index in [4.69, 9.17) is 9.73 Å². The molecule has 0 spiro atoms. The molecule has 2 heterocycles. The van der Waals surface area contributed by atoms with Gasteiger partial charge in [0, 0.05) is 45.3 Å². The van der Waals surface area contributed by atoms with Crippen molar-refractivity contribution in [2.24, 2.45) is 10.9 Å². The average molecular weight is 351 g/mol. The Morgan fingerprint density at radius 1 is 1.08 bits per heavy atom. The second kappa shape index (κ2) is 10.4. The van der Waals surface area contributed by atoms with E-state index in [1.54, 1.807) is 0 Å². The first-order valence-corrected chi connectivity index (χ1v) is 10.7. The second-order valence-electron chi connectivity index (χ2n) is 7.92. The van der Waals surface area contributed by atoms with Gasteiger partial charge in [-0.25, -0.2) is 0 Å². The van der Waals surface area contributed by atoms with Crippen LogP contribution in [-0.2, 0) is 4.74 Å². The van der Waals surface area contributed by atoms with E-state index in [1.165, 1.54) is 51.4 Å². The fourth-order valence-electron chi connectivity index (χ4n) is 4.64. The number of hydrogen-bond donors (Lipinski definition) is 1. The van der Waals surface area contributed by atoms with Crippen LogP contribution in [0, 0.1) is 5.92 Å². The molecule has 3 rings (SSSR count). The molecule has 25 heavy (non-hydrogen) atoms. The third-order valence-corrected chi connectivity index (χ3v) is 6.12. The number of guanidine groups is 1. The Kier molecular flexibility index (Phi) is 7.86. The molecule has 2 saturated heterocycles. The third-order valence-electron chi connectivity index (χ3n) is 6.12. The van der Waals surface area contributed by atoms with Gasteiger partial charge in [0.2, 0.25) is 0 Å². The summed E-state index contributed by atoms with van der Waals surface area (Å²) in [6.45, 7) is 10.3. The number of aliphatic imine (C=N–C) groups is 1. The topological polar surface area (TPSA) is 40.1 Å². The van der Waals surface area contributed by atoms with E-state index in [9.17, 15) is 0 Å². The molecular formula is C20H38N4O. The van der Waals surface area contributed by atoms with Crippen LogP contribution in [0.2, 0.25) is 0 Å². The zero-order valence-corrected chi connectivity index (χ0v) is 16.2. The number of rotatable bonds is 6. The van der Waals surface area contributed by atoms with Crippen molar-refractivity contribution in [3.8, 4) is 0 Å². The summed E-state index contributed by atoms with van der Waals surface area (Å²) in [5.41, 5.74) is 0. The van der Waals surface area contributed by atoms with Crippen molar-refractivity contribution in [2.45, 2.75) is 64.3 Å². The Morgan fingerprint density at radius 3 is 2.64 bits per heavy atom. The monoisotopic (exact) mass is 350 g/mol. The predicted molar refractivity (Wildman–Crippen MR) is 104 cm³/mol. The molecule has 0 bridgehead atoms. The van der Waals surface area contributed by atoms with Crippen LogP contribution in [0.15, 0.2) is 4.99 Å². The lowest BCUT2D eigenvalue weighted by Crippen LogP contribution is -2.46. The minimum atomic E-state index is 0.676. The summed E-state index contributed by atoms with van der Waals surface area (Å²) in [6, 6.07) is 0.676. The van der Waals surface area contributed by atoms with Gasteiger partial charge < -0.3 is 15.0 Å². The SMILES string of the molecule is CCNC(=NCCCC1CCCCC1)N1CCC(N2CCOCC2)C1. The van der Waals surface area contributed by atoms with Crippen molar-refractivity contribution in [3.05, 3.63) is 0 Å². The Bertz CT molecular complexity index is 403. The molecule has 0 radical (unpaired) electrons. The summed E-state index contributed by atoms with van der Waals surface area (Å²) in [5.74, 6) is 2.12. The number of nitrogens with zero attached hydrogens (tertiary/aromatic N) is 3. The molecule has 144 valence electrons. The van der Waals surface area contributed by atoms with Gasteiger partial charge in [-0.15, -0.1) is 0 Å². The first-order chi connectivity index (χ1) is 12.4. The molecule has 1 atom stereocenters. The van der Waals surface area contributed by atoms with Gasteiger partial charge in [-0.2, -0.15) is 0 Å². The summed E-state index contributed by atoms with van der Waals surface area (Å²) < 4.78 is 5.50. The molecule has 2 aliphatic heterocycles. The zero-order valence-electron chi connectivity index (χ0n) is 16.2. The smallest absolute Gasteiger partial charge is 0.193 e. The maximum Gasteiger partial charge on any atom is 0.193 e. The summed E-state index contributed by atoms with van der Waals surface area (Å²) in [5, 5.41) is 3.52. The summed E-state index contributed by atoms with van der Waals surface area (Å²) >= 11 is 0. The van der Waals surface area contributed by atoms with E-state index in [2.05, 4.69) is 22.0 Å². The molecule has 0 aromatic carbocycles. The van der Waals surface area contributed by atoms with Crippen LogP contribution in [0.1, 0.15) is 58.3 Å². The van der Waals surface area contributed by atoms with Gasteiger partial charge in [-0.05, 0) is 32.1 Å². The second-order valence-corrected chi connectivity index (χ2v) is 7.92. The molecule has 1 aliphatic carbocycles. The van der Waals surface area contributed by atoms with E-state index in [0.29, 0.717) is 6.04 Å². The molecule has 1 saturated carbocycles. The lowest BCUT2D eigenvalue weighted by atomic mass is 9.86. The highest BCUT2D eigenvalue weighted by Gasteiger charge is 2.30. The molecule has 3 aliphatic rings. The Hall–Kier alpha value is -0.810. The lowest BCUT2D eigenvalue weighted by Gasteiger charge is -2.32. The molecule has 0 aromatic rings. The molecule has 5 heteroatoms. The fraction of sp³-hybridized carbons (Fsp3) is 0.950. The van der Waals surface area contributed by atoms with Crippen molar-refractivity contribution in [2.75, 3.05) is 52.5 Å². The van der Waals surface area contributed by atoms with Gasteiger partial charge in [0.05, 0.1) is 13.2 Å². The van der Waals surface area contributed by atoms with Gasteiger partial charge in [0.25, 0.3) is 0 Å². The maximum atomic E-state index is 5.50.